The van der Waals surface area contributed by atoms with E-state index in [1.54, 1.807) is 6.07 Å². The standard InChI is InChI=1S/C17H23N3O2/c1-17(2,3)14-12-15(20-22-14)19-16(21)18-11-7-10-13-8-5-4-6-9-13/h4-6,8-9,12H,7,10-11H2,1-3H3,(H2,18,19,20,21). The maximum atomic E-state index is 11.8. The predicted octanol–water partition coefficient (Wildman–Crippen LogP) is 3.73. The van der Waals surface area contributed by atoms with Gasteiger partial charge in [0.15, 0.2) is 5.82 Å². The second-order valence-electron chi connectivity index (χ2n) is 6.30. The molecule has 0 atom stereocenters. The molecule has 22 heavy (non-hydrogen) atoms. The number of urea groups is 1. The summed E-state index contributed by atoms with van der Waals surface area (Å²) >= 11 is 0. The molecule has 2 amide bonds. The van der Waals surface area contributed by atoms with Crippen LogP contribution in [-0.4, -0.2) is 17.7 Å². The lowest BCUT2D eigenvalue weighted by atomic mass is 9.93. The summed E-state index contributed by atoms with van der Waals surface area (Å²) in [6.45, 7) is 6.70. The Balaban J connectivity index is 1.71. The van der Waals surface area contributed by atoms with Crippen LogP contribution < -0.4 is 10.6 Å². The van der Waals surface area contributed by atoms with Crippen molar-refractivity contribution in [3.8, 4) is 0 Å². The second kappa shape index (κ2) is 7.11. The summed E-state index contributed by atoms with van der Waals surface area (Å²) in [5.41, 5.74) is 1.15. The average molecular weight is 301 g/mol. The molecule has 118 valence electrons. The van der Waals surface area contributed by atoms with E-state index >= 15 is 0 Å². The van der Waals surface area contributed by atoms with E-state index in [4.69, 9.17) is 4.52 Å². The minimum absolute atomic E-state index is 0.126. The molecule has 0 bridgehead atoms. The number of anilines is 1. The number of amides is 2. The zero-order chi connectivity index (χ0) is 16.0. The third kappa shape index (κ3) is 4.91. The van der Waals surface area contributed by atoms with Gasteiger partial charge in [0.2, 0.25) is 0 Å². The Hall–Kier alpha value is -2.30. The molecule has 0 spiro atoms. The number of rotatable bonds is 5. The molecule has 1 aromatic heterocycles. The molecule has 0 fully saturated rings. The first kappa shape index (κ1) is 16.1. The highest BCUT2D eigenvalue weighted by Gasteiger charge is 2.20. The zero-order valence-electron chi connectivity index (χ0n) is 13.3. The molecule has 5 nitrogen and oxygen atoms in total. The Kier molecular flexibility index (Phi) is 5.20. The van der Waals surface area contributed by atoms with Crippen LogP contribution in [0.4, 0.5) is 10.6 Å². The highest BCUT2D eigenvalue weighted by molar-refractivity contribution is 5.88. The number of aromatic nitrogens is 1. The molecule has 0 saturated heterocycles. The van der Waals surface area contributed by atoms with Crippen LogP contribution in [0.25, 0.3) is 0 Å². The molecule has 0 aliphatic rings. The molecule has 0 aliphatic heterocycles. The lowest BCUT2D eigenvalue weighted by Gasteiger charge is -2.12. The molecule has 1 heterocycles. The van der Waals surface area contributed by atoms with Gasteiger partial charge < -0.3 is 9.84 Å². The molecule has 2 N–H and O–H groups in total. The predicted molar refractivity (Wildman–Crippen MR) is 87.0 cm³/mol. The van der Waals surface area contributed by atoms with Gasteiger partial charge in [0.05, 0.1) is 0 Å². The molecule has 5 heteroatoms. The summed E-state index contributed by atoms with van der Waals surface area (Å²) in [5.74, 6) is 1.18. The second-order valence-corrected chi connectivity index (χ2v) is 6.30. The monoisotopic (exact) mass is 301 g/mol. The summed E-state index contributed by atoms with van der Waals surface area (Å²) in [6.07, 6.45) is 1.84. The number of hydrogen-bond acceptors (Lipinski definition) is 3. The van der Waals surface area contributed by atoms with Crippen LogP contribution in [0.2, 0.25) is 0 Å². The summed E-state index contributed by atoms with van der Waals surface area (Å²) in [7, 11) is 0. The Morgan fingerprint density at radius 3 is 2.59 bits per heavy atom. The fourth-order valence-electron chi connectivity index (χ4n) is 1.99. The van der Waals surface area contributed by atoms with E-state index in [2.05, 4.69) is 27.9 Å². The van der Waals surface area contributed by atoms with Crippen LogP contribution in [0.15, 0.2) is 40.9 Å². The quantitative estimate of drug-likeness (QED) is 0.827. The van der Waals surface area contributed by atoms with Gasteiger partial charge in [-0.05, 0) is 18.4 Å². The van der Waals surface area contributed by atoms with E-state index in [1.807, 2.05) is 39.0 Å². The molecule has 0 radical (unpaired) electrons. The van der Waals surface area contributed by atoms with Crippen molar-refractivity contribution in [1.29, 1.82) is 0 Å². The first-order valence-corrected chi connectivity index (χ1v) is 7.51. The largest absolute Gasteiger partial charge is 0.359 e. The van der Waals surface area contributed by atoms with Gasteiger partial charge in [-0.3, -0.25) is 5.32 Å². The Morgan fingerprint density at radius 1 is 1.23 bits per heavy atom. The van der Waals surface area contributed by atoms with E-state index in [-0.39, 0.29) is 11.4 Å². The fraction of sp³-hybridized carbons (Fsp3) is 0.412. The van der Waals surface area contributed by atoms with Gasteiger partial charge in [-0.1, -0.05) is 56.3 Å². The number of benzene rings is 1. The number of carbonyl (C=O) groups is 1. The Morgan fingerprint density at radius 2 is 1.95 bits per heavy atom. The minimum Gasteiger partial charge on any atom is -0.359 e. The van der Waals surface area contributed by atoms with Crippen LogP contribution in [-0.2, 0) is 11.8 Å². The van der Waals surface area contributed by atoms with Crippen LogP contribution in [0.3, 0.4) is 0 Å². The van der Waals surface area contributed by atoms with E-state index in [0.717, 1.165) is 18.6 Å². The van der Waals surface area contributed by atoms with Crippen molar-refractivity contribution in [3.05, 3.63) is 47.7 Å². The average Bonchev–Trinajstić information content (AvgIpc) is 2.93. The van der Waals surface area contributed by atoms with E-state index in [1.165, 1.54) is 5.56 Å². The van der Waals surface area contributed by atoms with Crippen molar-refractivity contribution in [2.24, 2.45) is 0 Å². The Labute approximate surface area is 131 Å². The highest BCUT2D eigenvalue weighted by Crippen LogP contribution is 2.24. The van der Waals surface area contributed by atoms with Crippen molar-refractivity contribution in [3.63, 3.8) is 0 Å². The SMILES string of the molecule is CC(C)(C)c1cc(NC(=O)NCCCc2ccccc2)no1. The number of nitrogens with one attached hydrogen (secondary N) is 2. The van der Waals surface area contributed by atoms with Crippen LogP contribution in [0, 0.1) is 0 Å². The van der Waals surface area contributed by atoms with Gasteiger partial charge in [-0.25, -0.2) is 4.79 Å². The molecule has 2 aromatic rings. The van der Waals surface area contributed by atoms with Crippen LogP contribution >= 0.6 is 0 Å². The maximum absolute atomic E-state index is 11.8. The van der Waals surface area contributed by atoms with Gasteiger partial charge in [-0.2, -0.15) is 0 Å². The molecule has 0 saturated carbocycles. The lowest BCUT2D eigenvalue weighted by molar-refractivity contribution is 0.251. The van der Waals surface area contributed by atoms with Crippen molar-refractivity contribution >= 4 is 11.8 Å². The third-order valence-electron chi connectivity index (χ3n) is 3.26. The summed E-state index contributed by atoms with van der Waals surface area (Å²) in [5, 5.41) is 9.35. The molecule has 0 unspecified atom stereocenters. The number of aryl methyl sites for hydroxylation is 1. The topological polar surface area (TPSA) is 67.2 Å². The van der Waals surface area contributed by atoms with Crippen molar-refractivity contribution in [2.45, 2.75) is 39.0 Å². The number of hydrogen-bond donors (Lipinski definition) is 2. The zero-order valence-corrected chi connectivity index (χ0v) is 13.3. The van der Waals surface area contributed by atoms with E-state index < -0.39 is 0 Å². The van der Waals surface area contributed by atoms with Crippen molar-refractivity contribution < 1.29 is 9.32 Å². The number of nitrogens with zero attached hydrogens (tertiary/aromatic N) is 1. The van der Waals surface area contributed by atoms with Crippen molar-refractivity contribution in [2.75, 3.05) is 11.9 Å². The third-order valence-corrected chi connectivity index (χ3v) is 3.26. The first-order chi connectivity index (χ1) is 10.4. The van der Waals surface area contributed by atoms with Gasteiger partial charge >= 0.3 is 6.03 Å². The normalized spacial score (nSPS) is 11.2. The van der Waals surface area contributed by atoms with Gasteiger partial charge in [0.25, 0.3) is 0 Å². The maximum Gasteiger partial charge on any atom is 0.320 e. The number of carbonyl (C=O) groups excluding carboxylic acids is 1. The Bertz CT molecular complexity index is 600. The molecule has 2 rings (SSSR count). The lowest BCUT2D eigenvalue weighted by Crippen LogP contribution is -2.29. The van der Waals surface area contributed by atoms with Gasteiger partial charge in [-0.15, -0.1) is 0 Å². The van der Waals surface area contributed by atoms with Crippen LogP contribution in [0.1, 0.15) is 38.5 Å². The van der Waals surface area contributed by atoms with E-state index in [0.29, 0.717) is 12.4 Å². The molecule has 0 aliphatic carbocycles. The fourth-order valence-corrected chi connectivity index (χ4v) is 1.99. The molecule has 1 aromatic carbocycles. The summed E-state index contributed by atoms with van der Waals surface area (Å²) in [6, 6.07) is 11.7. The molecular weight excluding hydrogens is 278 g/mol. The smallest absolute Gasteiger partial charge is 0.320 e. The first-order valence-electron chi connectivity index (χ1n) is 7.51. The highest BCUT2D eigenvalue weighted by atomic mass is 16.5. The summed E-state index contributed by atoms with van der Waals surface area (Å²) in [4.78, 5) is 11.8. The minimum atomic E-state index is -0.262. The van der Waals surface area contributed by atoms with Crippen molar-refractivity contribution in [1.82, 2.24) is 10.5 Å². The summed E-state index contributed by atoms with van der Waals surface area (Å²) < 4.78 is 5.22. The molecular formula is C17H23N3O2. The van der Waals surface area contributed by atoms with E-state index in [9.17, 15) is 4.79 Å². The van der Waals surface area contributed by atoms with Gasteiger partial charge in [0, 0.05) is 18.0 Å². The van der Waals surface area contributed by atoms with Gasteiger partial charge in [0.1, 0.15) is 5.76 Å². The van der Waals surface area contributed by atoms with Crippen LogP contribution in [0.5, 0.6) is 0 Å².